The van der Waals surface area contributed by atoms with Gasteiger partial charge in [0.05, 0.1) is 18.9 Å². The topological polar surface area (TPSA) is 34.4 Å². The van der Waals surface area contributed by atoms with E-state index in [4.69, 9.17) is 9.15 Å². The Balaban J connectivity index is 2.36. The lowest BCUT2D eigenvalue weighted by Crippen LogP contribution is -2.22. The lowest BCUT2D eigenvalue weighted by Gasteiger charge is -2.20. The molecule has 20 heavy (non-hydrogen) atoms. The monoisotopic (exact) mass is 337 g/mol. The van der Waals surface area contributed by atoms with Gasteiger partial charge < -0.3 is 14.5 Å². The summed E-state index contributed by atoms with van der Waals surface area (Å²) in [5.41, 5.74) is 2.21. The summed E-state index contributed by atoms with van der Waals surface area (Å²) in [6.45, 7) is 5.79. The third-order valence-electron chi connectivity index (χ3n) is 3.06. The van der Waals surface area contributed by atoms with E-state index in [0.29, 0.717) is 0 Å². The number of halogens is 1. The van der Waals surface area contributed by atoms with E-state index in [0.717, 1.165) is 41.1 Å². The van der Waals surface area contributed by atoms with Crippen molar-refractivity contribution in [1.82, 2.24) is 5.32 Å². The van der Waals surface area contributed by atoms with Crippen molar-refractivity contribution in [2.75, 3.05) is 13.2 Å². The second-order valence-corrected chi connectivity index (χ2v) is 5.25. The van der Waals surface area contributed by atoms with Gasteiger partial charge in [0, 0.05) is 11.1 Å². The Hall–Kier alpha value is -1.26. The van der Waals surface area contributed by atoms with E-state index < -0.39 is 0 Å². The summed E-state index contributed by atoms with van der Waals surface area (Å²) in [6, 6.07) is 10.2. The molecular weight excluding hydrogens is 318 g/mol. The number of rotatable bonds is 7. The van der Waals surface area contributed by atoms with Gasteiger partial charge in [-0.15, -0.1) is 0 Å². The number of nitrogens with one attached hydrogen (secondary N) is 1. The highest BCUT2D eigenvalue weighted by atomic mass is 79.9. The zero-order valence-corrected chi connectivity index (χ0v) is 13.4. The fraction of sp³-hybridized carbons (Fsp3) is 0.375. The number of ether oxygens (including phenoxy) is 1. The van der Waals surface area contributed by atoms with Crippen LogP contribution in [0, 0.1) is 0 Å². The molecule has 1 aromatic carbocycles. The van der Waals surface area contributed by atoms with Gasteiger partial charge in [0.15, 0.2) is 4.67 Å². The minimum Gasteiger partial charge on any atom is -0.493 e. The summed E-state index contributed by atoms with van der Waals surface area (Å²) in [7, 11) is 0. The average molecular weight is 338 g/mol. The molecule has 0 aliphatic rings. The number of furan rings is 1. The molecule has 3 nitrogen and oxygen atoms in total. The molecule has 0 bridgehead atoms. The van der Waals surface area contributed by atoms with Gasteiger partial charge in [-0.3, -0.25) is 0 Å². The molecule has 2 aromatic rings. The van der Waals surface area contributed by atoms with Crippen LogP contribution < -0.4 is 10.1 Å². The first-order valence-electron chi connectivity index (χ1n) is 6.95. The molecule has 0 saturated heterocycles. The van der Waals surface area contributed by atoms with Crippen molar-refractivity contribution in [3.05, 3.63) is 52.4 Å². The van der Waals surface area contributed by atoms with Crippen LogP contribution in [0.15, 0.2) is 45.7 Å². The van der Waals surface area contributed by atoms with Gasteiger partial charge in [-0.1, -0.05) is 32.0 Å². The van der Waals surface area contributed by atoms with Gasteiger partial charge >= 0.3 is 0 Å². The molecule has 0 amide bonds. The zero-order valence-electron chi connectivity index (χ0n) is 11.9. The molecule has 2 rings (SSSR count). The van der Waals surface area contributed by atoms with Crippen LogP contribution in [0.3, 0.4) is 0 Å². The molecule has 0 spiro atoms. The van der Waals surface area contributed by atoms with Crippen molar-refractivity contribution < 1.29 is 9.15 Å². The molecule has 0 aliphatic heterocycles. The summed E-state index contributed by atoms with van der Waals surface area (Å²) < 4.78 is 12.0. The molecule has 4 heteroatoms. The maximum atomic E-state index is 5.87. The fourth-order valence-electron chi connectivity index (χ4n) is 2.16. The van der Waals surface area contributed by atoms with E-state index in [1.54, 1.807) is 6.26 Å². The van der Waals surface area contributed by atoms with Crippen LogP contribution in [-0.4, -0.2) is 13.2 Å². The summed E-state index contributed by atoms with van der Waals surface area (Å²) >= 11 is 3.46. The lowest BCUT2D eigenvalue weighted by atomic mass is 10.00. The third kappa shape index (κ3) is 3.44. The van der Waals surface area contributed by atoms with E-state index in [2.05, 4.69) is 41.2 Å². The highest BCUT2D eigenvalue weighted by molar-refractivity contribution is 9.10. The number of benzene rings is 1. The standard InChI is InChI=1S/C16H20BrNO2/c1-3-10-19-14-8-6-5-7-12(14)15(18-4-2)13-9-11-20-16(13)17/h5-9,11,15,18H,3-4,10H2,1-2H3. The second kappa shape index (κ2) is 7.50. The van der Waals surface area contributed by atoms with Crippen LogP contribution in [0.2, 0.25) is 0 Å². The van der Waals surface area contributed by atoms with Gasteiger partial charge in [-0.2, -0.15) is 0 Å². The van der Waals surface area contributed by atoms with Gasteiger partial charge in [0.25, 0.3) is 0 Å². The van der Waals surface area contributed by atoms with Crippen LogP contribution in [0.5, 0.6) is 5.75 Å². The highest BCUT2D eigenvalue weighted by Crippen LogP contribution is 2.34. The molecule has 1 aromatic heterocycles. The van der Waals surface area contributed by atoms with Crippen molar-refractivity contribution >= 4 is 15.9 Å². The largest absolute Gasteiger partial charge is 0.493 e. The lowest BCUT2D eigenvalue weighted by molar-refractivity contribution is 0.311. The van der Waals surface area contributed by atoms with E-state index in [-0.39, 0.29) is 6.04 Å². The van der Waals surface area contributed by atoms with E-state index in [1.165, 1.54) is 0 Å². The maximum absolute atomic E-state index is 5.87. The second-order valence-electron chi connectivity index (χ2n) is 4.53. The molecule has 1 unspecified atom stereocenters. The first-order valence-corrected chi connectivity index (χ1v) is 7.75. The Morgan fingerprint density at radius 1 is 1.20 bits per heavy atom. The molecule has 0 radical (unpaired) electrons. The highest BCUT2D eigenvalue weighted by Gasteiger charge is 2.21. The summed E-state index contributed by atoms with van der Waals surface area (Å²) in [4.78, 5) is 0. The van der Waals surface area contributed by atoms with Crippen LogP contribution in [-0.2, 0) is 0 Å². The van der Waals surface area contributed by atoms with Crippen molar-refractivity contribution in [2.24, 2.45) is 0 Å². The number of hydrogen-bond donors (Lipinski definition) is 1. The molecule has 0 aliphatic carbocycles. The quantitative estimate of drug-likeness (QED) is 0.805. The average Bonchev–Trinajstić information content (AvgIpc) is 2.89. The minimum absolute atomic E-state index is 0.0566. The summed E-state index contributed by atoms with van der Waals surface area (Å²) in [5.74, 6) is 0.924. The van der Waals surface area contributed by atoms with Crippen molar-refractivity contribution in [3.63, 3.8) is 0 Å². The Labute approximate surface area is 128 Å². The first kappa shape index (κ1) is 15.1. The molecule has 0 fully saturated rings. The molecule has 108 valence electrons. The molecule has 1 N–H and O–H groups in total. The maximum Gasteiger partial charge on any atom is 0.174 e. The molecule has 1 atom stereocenters. The smallest absolute Gasteiger partial charge is 0.174 e. The van der Waals surface area contributed by atoms with Crippen molar-refractivity contribution in [3.8, 4) is 5.75 Å². The number of para-hydroxylation sites is 1. The van der Waals surface area contributed by atoms with Crippen LogP contribution in [0.4, 0.5) is 0 Å². The first-order chi connectivity index (χ1) is 9.77. The Kier molecular flexibility index (Phi) is 5.68. The zero-order chi connectivity index (χ0) is 14.4. The van der Waals surface area contributed by atoms with Gasteiger partial charge in [0.2, 0.25) is 0 Å². The molecule has 1 heterocycles. The molecule has 0 saturated carbocycles. The van der Waals surface area contributed by atoms with Crippen LogP contribution in [0.1, 0.15) is 37.4 Å². The van der Waals surface area contributed by atoms with Crippen LogP contribution in [0.25, 0.3) is 0 Å². The van der Waals surface area contributed by atoms with Crippen molar-refractivity contribution in [1.29, 1.82) is 0 Å². The number of hydrogen-bond acceptors (Lipinski definition) is 3. The van der Waals surface area contributed by atoms with Crippen LogP contribution >= 0.6 is 15.9 Å². The summed E-state index contributed by atoms with van der Waals surface area (Å²) in [6.07, 6.45) is 2.69. The van der Waals surface area contributed by atoms with Gasteiger partial charge in [0.1, 0.15) is 5.75 Å². The van der Waals surface area contributed by atoms with E-state index in [9.17, 15) is 0 Å². The minimum atomic E-state index is 0.0566. The van der Waals surface area contributed by atoms with Gasteiger partial charge in [-0.05, 0) is 41.0 Å². The van der Waals surface area contributed by atoms with Gasteiger partial charge in [-0.25, -0.2) is 0 Å². The normalized spacial score (nSPS) is 12.3. The Morgan fingerprint density at radius 2 is 2.00 bits per heavy atom. The SMILES string of the molecule is CCCOc1ccccc1C(NCC)c1ccoc1Br. The summed E-state index contributed by atoms with van der Waals surface area (Å²) in [5, 5.41) is 3.49. The van der Waals surface area contributed by atoms with Crippen molar-refractivity contribution in [2.45, 2.75) is 26.3 Å². The predicted octanol–water partition coefficient (Wildman–Crippen LogP) is 4.53. The van der Waals surface area contributed by atoms with E-state index >= 15 is 0 Å². The predicted molar refractivity (Wildman–Crippen MR) is 84.2 cm³/mol. The molecular formula is C16H20BrNO2. The Morgan fingerprint density at radius 3 is 2.65 bits per heavy atom. The Bertz CT molecular complexity index is 539. The van der Waals surface area contributed by atoms with E-state index in [1.807, 2.05) is 24.3 Å². The third-order valence-corrected chi connectivity index (χ3v) is 3.70. The fourth-order valence-corrected chi connectivity index (χ4v) is 2.63.